The maximum absolute atomic E-state index is 11.5. The van der Waals surface area contributed by atoms with Crippen LogP contribution in [0.25, 0.3) is 0 Å². The summed E-state index contributed by atoms with van der Waals surface area (Å²) in [6.45, 7) is 3.35. The molecule has 1 atom stereocenters. The van der Waals surface area contributed by atoms with E-state index in [4.69, 9.17) is 14.6 Å². The molecule has 0 amide bonds. The average molecular weight is 462 g/mol. The third-order valence-electron chi connectivity index (χ3n) is 6.23. The van der Waals surface area contributed by atoms with Crippen LogP contribution >= 0.6 is 0 Å². The van der Waals surface area contributed by atoms with Crippen LogP contribution in [0.1, 0.15) is 21.5 Å². The summed E-state index contributed by atoms with van der Waals surface area (Å²) in [5.41, 5.74) is 4.04. The lowest BCUT2D eigenvalue weighted by atomic mass is 9.91. The van der Waals surface area contributed by atoms with Crippen LogP contribution in [0, 0.1) is 0 Å². The van der Waals surface area contributed by atoms with Crippen molar-refractivity contribution in [1.29, 1.82) is 0 Å². The summed E-state index contributed by atoms with van der Waals surface area (Å²) in [7, 11) is 0. The molecule has 8 heteroatoms. The van der Waals surface area contributed by atoms with Crippen LogP contribution < -0.4 is 20.3 Å². The minimum absolute atomic E-state index is 0.0501. The Kier molecular flexibility index (Phi) is 6.00. The van der Waals surface area contributed by atoms with Gasteiger partial charge < -0.3 is 35.2 Å². The molecule has 0 bridgehead atoms. The molecular weight excluding hydrogens is 434 g/mol. The molecule has 1 fully saturated rings. The fraction of sp³-hybridized carbons (Fsp3) is 0.269. The smallest absolute Gasteiger partial charge is 0.335 e. The van der Waals surface area contributed by atoms with Gasteiger partial charge in [-0.3, -0.25) is 0 Å². The van der Waals surface area contributed by atoms with Gasteiger partial charge in [0.15, 0.2) is 5.66 Å². The minimum atomic E-state index is -0.970. The zero-order chi connectivity index (χ0) is 23.5. The third kappa shape index (κ3) is 4.13. The lowest BCUT2D eigenvalue weighted by molar-refractivity contribution is 0.0697. The van der Waals surface area contributed by atoms with Crippen molar-refractivity contribution in [1.82, 2.24) is 0 Å². The minimum Gasteiger partial charge on any atom is -0.491 e. The van der Waals surface area contributed by atoms with E-state index in [0.29, 0.717) is 5.75 Å². The largest absolute Gasteiger partial charge is 0.491 e. The Morgan fingerprint density at radius 3 is 2.24 bits per heavy atom. The third-order valence-corrected chi connectivity index (χ3v) is 6.23. The van der Waals surface area contributed by atoms with Crippen LogP contribution in [0.5, 0.6) is 5.75 Å². The maximum Gasteiger partial charge on any atom is 0.335 e. The summed E-state index contributed by atoms with van der Waals surface area (Å²) in [4.78, 5) is 13.8. The molecule has 0 saturated carbocycles. The van der Waals surface area contributed by atoms with Gasteiger partial charge in [-0.1, -0.05) is 24.3 Å². The first-order valence-corrected chi connectivity index (χ1v) is 11.3. The Bertz CT molecular complexity index is 1160. The van der Waals surface area contributed by atoms with E-state index in [1.165, 1.54) is 0 Å². The van der Waals surface area contributed by atoms with Gasteiger partial charge in [0.1, 0.15) is 12.4 Å². The SMILES string of the molecule is O=C(O)c1ccc2c(c1)NC(c1ccc(OCCO)cc1)(c1ccc(N3CCOCC3)cc1)N2. The van der Waals surface area contributed by atoms with Crippen molar-refractivity contribution in [2.24, 2.45) is 0 Å². The number of nitrogens with zero attached hydrogens (tertiary/aromatic N) is 1. The van der Waals surface area contributed by atoms with Gasteiger partial charge in [0.2, 0.25) is 0 Å². The van der Waals surface area contributed by atoms with Crippen molar-refractivity contribution >= 4 is 23.0 Å². The van der Waals surface area contributed by atoms with Gasteiger partial charge in [-0.15, -0.1) is 0 Å². The highest BCUT2D eigenvalue weighted by molar-refractivity contribution is 5.92. The first-order chi connectivity index (χ1) is 16.6. The molecule has 3 aromatic carbocycles. The van der Waals surface area contributed by atoms with E-state index in [9.17, 15) is 9.90 Å². The van der Waals surface area contributed by atoms with Crippen LogP contribution in [0.2, 0.25) is 0 Å². The molecule has 1 unspecified atom stereocenters. The second-order valence-corrected chi connectivity index (χ2v) is 8.31. The average Bonchev–Trinajstić information content (AvgIpc) is 3.28. The highest BCUT2D eigenvalue weighted by atomic mass is 16.5. The van der Waals surface area contributed by atoms with Crippen LogP contribution in [0.3, 0.4) is 0 Å². The van der Waals surface area contributed by atoms with Crippen LogP contribution in [0.4, 0.5) is 17.1 Å². The number of carboxylic acid groups (broad SMARTS) is 1. The molecular formula is C26H27N3O5. The van der Waals surface area contributed by atoms with E-state index in [2.05, 4.69) is 39.8 Å². The number of hydrogen-bond acceptors (Lipinski definition) is 7. The van der Waals surface area contributed by atoms with Gasteiger partial charge in [-0.25, -0.2) is 4.79 Å². The standard InChI is InChI=1S/C26H27N3O5/c30-13-16-34-22-8-4-20(5-9-22)26(27-23-10-1-18(25(31)32)17-24(23)28-26)19-2-6-21(7-3-19)29-11-14-33-15-12-29/h1-10,17,27-28,30H,11-16H2,(H,31,32). The van der Waals surface area contributed by atoms with Crippen LogP contribution in [0.15, 0.2) is 66.7 Å². The van der Waals surface area contributed by atoms with Gasteiger partial charge in [0, 0.05) is 29.9 Å². The highest BCUT2D eigenvalue weighted by Crippen LogP contribution is 2.44. The van der Waals surface area contributed by atoms with Crippen molar-refractivity contribution in [3.8, 4) is 5.75 Å². The molecule has 2 aliphatic heterocycles. The molecule has 5 rings (SSSR count). The number of aliphatic hydroxyl groups excluding tert-OH is 1. The molecule has 1 saturated heterocycles. The Morgan fingerprint density at radius 2 is 1.59 bits per heavy atom. The number of carbonyl (C=O) groups is 1. The lowest BCUT2D eigenvalue weighted by Gasteiger charge is -2.33. The Balaban J connectivity index is 1.52. The molecule has 2 heterocycles. The molecule has 8 nitrogen and oxygen atoms in total. The molecule has 3 aromatic rings. The Labute approximate surface area is 197 Å². The van der Waals surface area contributed by atoms with Crippen molar-refractivity contribution in [3.05, 3.63) is 83.4 Å². The summed E-state index contributed by atoms with van der Waals surface area (Å²) in [5, 5.41) is 25.6. The number of ether oxygens (including phenoxy) is 2. The number of morpholine rings is 1. The normalized spacial score (nSPS) is 19.1. The molecule has 0 radical (unpaired) electrons. The van der Waals surface area contributed by atoms with E-state index in [0.717, 1.165) is 54.5 Å². The topological polar surface area (TPSA) is 103 Å². The molecule has 0 spiro atoms. The summed E-state index contributed by atoms with van der Waals surface area (Å²) in [6.07, 6.45) is 0. The van der Waals surface area contributed by atoms with Gasteiger partial charge >= 0.3 is 5.97 Å². The fourth-order valence-electron chi connectivity index (χ4n) is 4.49. The van der Waals surface area contributed by atoms with Gasteiger partial charge in [0.05, 0.1) is 36.8 Å². The van der Waals surface area contributed by atoms with E-state index in [1.807, 2.05) is 24.3 Å². The molecule has 0 aromatic heterocycles. The number of aromatic carboxylic acids is 1. The second kappa shape index (κ2) is 9.24. The van der Waals surface area contributed by atoms with Gasteiger partial charge in [-0.2, -0.15) is 0 Å². The number of aliphatic hydroxyl groups is 1. The summed E-state index contributed by atoms with van der Waals surface area (Å²) in [6, 6.07) is 21.1. The van der Waals surface area contributed by atoms with Crippen molar-refractivity contribution in [2.45, 2.75) is 5.66 Å². The number of rotatable bonds is 7. The number of anilines is 3. The predicted octanol–water partition coefficient (Wildman–Crippen LogP) is 3.33. The molecule has 2 aliphatic rings. The zero-order valence-electron chi connectivity index (χ0n) is 18.7. The first kappa shape index (κ1) is 22.1. The summed E-state index contributed by atoms with van der Waals surface area (Å²) in [5.74, 6) is -0.304. The number of nitrogens with one attached hydrogen (secondary N) is 2. The number of benzene rings is 3. The molecule has 176 valence electrons. The Hall–Kier alpha value is -3.75. The first-order valence-electron chi connectivity index (χ1n) is 11.3. The summed E-state index contributed by atoms with van der Waals surface area (Å²) < 4.78 is 11.0. The molecule has 0 aliphatic carbocycles. The molecule has 4 N–H and O–H groups in total. The van der Waals surface area contributed by atoms with Crippen molar-refractivity contribution in [3.63, 3.8) is 0 Å². The van der Waals surface area contributed by atoms with E-state index in [1.54, 1.807) is 18.2 Å². The van der Waals surface area contributed by atoms with Crippen molar-refractivity contribution in [2.75, 3.05) is 55.1 Å². The van der Waals surface area contributed by atoms with Gasteiger partial charge in [0.25, 0.3) is 0 Å². The Morgan fingerprint density at radius 1 is 0.941 bits per heavy atom. The molecule has 34 heavy (non-hydrogen) atoms. The monoisotopic (exact) mass is 461 g/mol. The second-order valence-electron chi connectivity index (χ2n) is 8.31. The van der Waals surface area contributed by atoms with Crippen molar-refractivity contribution < 1.29 is 24.5 Å². The van der Waals surface area contributed by atoms with E-state index in [-0.39, 0.29) is 18.8 Å². The predicted molar refractivity (Wildman–Crippen MR) is 130 cm³/mol. The summed E-state index contributed by atoms with van der Waals surface area (Å²) >= 11 is 0. The fourth-order valence-corrected chi connectivity index (χ4v) is 4.49. The van der Waals surface area contributed by atoms with E-state index >= 15 is 0 Å². The number of hydrogen-bond donors (Lipinski definition) is 4. The van der Waals surface area contributed by atoms with Gasteiger partial charge in [-0.05, 0) is 42.5 Å². The van der Waals surface area contributed by atoms with Crippen LogP contribution in [-0.4, -0.2) is 55.7 Å². The number of carboxylic acids is 1. The maximum atomic E-state index is 11.5. The quantitative estimate of drug-likeness (QED) is 0.425. The van der Waals surface area contributed by atoms with Crippen LogP contribution in [-0.2, 0) is 10.4 Å². The van der Waals surface area contributed by atoms with E-state index < -0.39 is 11.6 Å². The lowest BCUT2D eigenvalue weighted by Crippen LogP contribution is -2.40. The highest BCUT2D eigenvalue weighted by Gasteiger charge is 2.40. The number of fused-ring (bicyclic) bond motifs is 1. The zero-order valence-corrected chi connectivity index (χ0v) is 18.7.